The van der Waals surface area contributed by atoms with Gasteiger partial charge in [-0.3, -0.25) is 9.69 Å². The van der Waals surface area contributed by atoms with Crippen molar-refractivity contribution in [2.75, 3.05) is 32.7 Å². The summed E-state index contributed by atoms with van der Waals surface area (Å²) in [4.78, 5) is 26.7. The number of aliphatic hydroxyl groups excluding tert-OH is 1. The molecule has 42 heavy (non-hydrogen) atoms. The summed E-state index contributed by atoms with van der Waals surface area (Å²) in [6.07, 6.45) is 25.2. The van der Waals surface area contributed by atoms with Crippen LogP contribution in [-0.4, -0.2) is 66.4 Å². The van der Waals surface area contributed by atoms with E-state index in [0.717, 1.165) is 32.1 Å². The Hall–Kier alpha value is -1.34. The number of unbranched alkanes of at least 4 members (excludes halogenated alkanes) is 18. The van der Waals surface area contributed by atoms with Crippen LogP contribution >= 0.6 is 0 Å². The first kappa shape index (κ1) is 40.7. The van der Waals surface area contributed by atoms with Crippen LogP contribution in [0.1, 0.15) is 169 Å². The monoisotopic (exact) mass is 598 g/mol. The van der Waals surface area contributed by atoms with Gasteiger partial charge in [-0.15, -0.1) is 0 Å². The number of carbonyl (C=O) groups is 2. The van der Waals surface area contributed by atoms with Crippen LogP contribution in [0.15, 0.2) is 0 Å². The average molecular weight is 598 g/mol. The SMILES string of the molecule is CCCCCCCCCCCCNC(=O)CN(CCNC(=O)OC(C)(C)C)CC(O)CCCCCCCCCCCC. The second-order valence-electron chi connectivity index (χ2n) is 13.3. The molecule has 0 radical (unpaired) electrons. The van der Waals surface area contributed by atoms with Gasteiger partial charge in [-0.1, -0.05) is 136 Å². The van der Waals surface area contributed by atoms with Gasteiger partial charge in [0.2, 0.25) is 5.91 Å². The van der Waals surface area contributed by atoms with Crippen molar-refractivity contribution in [1.82, 2.24) is 15.5 Å². The van der Waals surface area contributed by atoms with E-state index in [2.05, 4.69) is 24.5 Å². The number of hydrogen-bond acceptors (Lipinski definition) is 5. The van der Waals surface area contributed by atoms with Crippen LogP contribution in [0.3, 0.4) is 0 Å². The molecule has 0 fully saturated rings. The lowest BCUT2D eigenvalue weighted by molar-refractivity contribution is -0.122. The van der Waals surface area contributed by atoms with E-state index in [9.17, 15) is 14.7 Å². The third-order valence-corrected chi connectivity index (χ3v) is 7.68. The maximum absolute atomic E-state index is 12.7. The Kier molecular flexibility index (Phi) is 27.5. The van der Waals surface area contributed by atoms with Gasteiger partial charge >= 0.3 is 6.09 Å². The van der Waals surface area contributed by atoms with Crippen molar-refractivity contribution >= 4 is 12.0 Å². The van der Waals surface area contributed by atoms with E-state index < -0.39 is 17.8 Å². The van der Waals surface area contributed by atoms with E-state index in [-0.39, 0.29) is 12.5 Å². The molecule has 2 amide bonds. The van der Waals surface area contributed by atoms with Gasteiger partial charge in [-0.25, -0.2) is 4.79 Å². The lowest BCUT2D eigenvalue weighted by Crippen LogP contribution is -2.45. The van der Waals surface area contributed by atoms with Crippen LogP contribution in [-0.2, 0) is 9.53 Å². The molecule has 0 bridgehead atoms. The fourth-order valence-electron chi connectivity index (χ4n) is 5.22. The number of amides is 2. The highest BCUT2D eigenvalue weighted by atomic mass is 16.6. The fraction of sp³-hybridized carbons (Fsp3) is 0.943. The highest BCUT2D eigenvalue weighted by Gasteiger charge is 2.18. The van der Waals surface area contributed by atoms with Crippen molar-refractivity contribution in [3.63, 3.8) is 0 Å². The fourth-order valence-corrected chi connectivity index (χ4v) is 5.22. The Morgan fingerprint density at radius 1 is 0.667 bits per heavy atom. The van der Waals surface area contributed by atoms with E-state index in [4.69, 9.17) is 4.74 Å². The first-order chi connectivity index (χ1) is 20.2. The molecule has 0 aliphatic heterocycles. The van der Waals surface area contributed by atoms with E-state index >= 15 is 0 Å². The molecule has 250 valence electrons. The van der Waals surface area contributed by atoms with Gasteiger partial charge < -0.3 is 20.5 Å². The summed E-state index contributed by atoms with van der Waals surface area (Å²) in [5.74, 6) is -0.0191. The minimum absolute atomic E-state index is 0.0191. The summed E-state index contributed by atoms with van der Waals surface area (Å²) < 4.78 is 5.32. The Balaban J connectivity index is 4.29. The second-order valence-corrected chi connectivity index (χ2v) is 13.3. The largest absolute Gasteiger partial charge is 0.444 e. The molecule has 1 unspecified atom stereocenters. The van der Waals surface area contributed by atoms with E-state index in [1.165, 1.54) is 103 Å². The predicted molar refractivity (Wildman–Crippen MR) is 178 cm³/mol. The third-order valence-electron chi connectivity index (χ3n) is 7.68. The number of ether oxygens (including phenoxy) is 1. The van der Waals surface area contributed by atoms with Crippen LogP contribution in [0.4, 0.5) is 4.79 Å². The van der Waals surface area contributed by atoms with Crippen LogP contribution in [0, 0.1) is 0 Å². The zero-order valence-electron chi connectivity index (χ0n) is 28.6. The minimum Gasteiger partial charge on any atom is -0.444 e. The van der Waals surface area contributed by atoms with Crippen molar-refractivity contribution in [2.45, 2.75) is 181 Å². The normalized spacial score (nSPS) is 12.5. The maximum Gasteiger partial charge on any atom is 0.407 e. The van der Waals surface area contributed by atoms with E-state index in [0.29, 0.717) is 26.2 Å². The zero-order chi connectivity index (χ0) is 31.3. The van der Waals surface area contributed by atoms with Crippen molar-refractivity contribution in [2.24, 2.45) is 0 Å². The van der Waals surface area contributed by atoms with Gasteiger partial charge in [0.25, 0.3) is 0 Å². The number of carbonyl (C=O) groups excluding carboxylic acids is 2. The molecular weight excluding hydrogens is 526 g/mol. The van der Waals surface area contributed by atoms with E-state index in [1.54, 1.807) is 0 Å². The summed E-state index contributed by atoms with van der Waals surface area (Å²) in [5.41, 5.74) is -0.552. The molecular formula is C35H71N3O4. The van der Waals surface area contributed by atoms with Crippen LogP contribution < -0.4 is 10.6 Å². The molecule has 0 heterocycles. The smallest absolute Gasteiger partial charge is 0.407 e. The van der Waals surface area contributed by atoms with E-state index in [1.807, 2.05) is 25.7 Å². The van der Waals surface area contributed by atoms with Crippen molar-refractivity contribution in [3.8, 4) is 0 Å². The number of rotatable bonds is 29. The summed E-state index contributed by atoms with van der Waals surface area (Å²) in [5, 5.41) is 16.5. The zero-order valence-corrected chi connectivity index (χ0v) is 28.6. The third kappa shape index (κ3) is 30.1. The van der Waals surface area contributed by atoms with Crippen LogP contribution in [0.2, 0.25) is 0 Å². The molecule has 0 spiro atoms. The number of nitrogens with zero attached hydrogens (tertiary/aromatic N) is 1. The van der Waals surface area contributed by atoms with Crippen molar-refractivity contribution in [3.05, 3.63) is 0 Å². The van der Waals surface area contributed by atoms with Gasteiger partial charge in [-0.2, -0.15) is 0 Å². The summed E-state index contributed by atoms with van der Waals surface area (Å²) in [7, 11) is 0. The molecule has 0 saturated carbocycles. The van der Waals surface area contributed by atoms with Gasteiger partial charge in [0.1, 0.15) is 5.60 Å². The summed E-state index contributed by atoms with van der Waals surface area (Å²) in [6.45, 7) is 12.2. The van der Waals surface area contributed by atoms with Gasteiger partial charge in [0, 0.05) is 26.2 Å². The minimum atomic E-state index is -0.552. The topological polar surface area (TPSA) is 90.9 Å². The first-order valence-corrected chi connectivity index (χ1v) is 17.8. The summed E-state index contributed by atoms with van der Waals surface area (Å²) >= 11 is 0. The lowest BCUT2D eigenvalue weighted by Gasteiger charge is -2.25. The number of hydrogen-bond donors (Lipinski definition) is 3. The molecule has 0 aliphatic carbocycles. The molecule has 0 aromatic heterocycles. The molecule has 7 nitrogen and oxygen atoms in total. The number of nitrogens with one attached hydrogen (secondary N) is 2. The standard InChI is InChI=1S/C35H71N3O4/c1-6-8-10-12-14-16-18-20-22-24-26-32(39)30-38(29-28-37-34(41)42-35(3,4)5)31-33(40)36-27-25-23-21-19-17-15-13-11-9-7-2/h32,39H,6-31H2,1-5H3,(H,36,40)(H,37,41). The highest BCUT2D eigenvalue weighted by molar-refractivity contribution is 5.78. The van der Waals surface area contributed by atoms with Crippen LogP contribution in [0.25, 0.3) is 0 Å². The lowest BCUT2D eigenvalue weighted by atomic mass is 10.0. The molecule has 0 saturated heterocycles. The van der Waals surface area contributed by atoms with Crippen LogP contribution in [0.5, 0.6) is 0 Å². The Bertz CT molecular complexity index is 624. The molecule has 0 aliphatic rings. The number of alkyl carbamates (subject to hydrolysis) is 1. The first-order valence-electron chi connectivity index (χ1n) is 17.8. The molecule has 0 aromatic carbocycles. The number of aliphatic hydroxyl groups is 1. The Morgan fingerprint density at radius 3 is 1.60 bits per heavy atom. The summed E-state index contributed by atoms with van der Waals surface area (Å²) in [6, 6.07) is 0. The maximum atomic E-state index is 12.7. The molecule has 7 heteroatoms. The average Bonchev–Trinajstić information content (AvgIpc) is 2.91. The molecule has 3 N–H and O–H groups in total. The predicted octanol–water partition coefficient (Wildman–Crippen LogP) is 8.52. The second kappa shape index (κ2) is 28.4. The molecule has 0 aromatic rings. The van der Waals surface area contributed by atoms with Gasteiger partial charge in [0.05, 0.1) is 12.6 Å². The molecule has 0 rings (SSSR count). The quantitative estimate of drug-likeness (QED) is 0.0752. The van der Waals surface area contributed by atoms with Crippen molar-refractivity contribution in [1.29, 1.82) is 0 Å². The molecule has 1 atom stereocenters. The van der Waals surface area contributed by atoms with Gasteiger partial charge in [-0.05, 0) is 33.6 Å². The van der Waals surface area contributed by atoms with Gasteiger partial charge in [0.15, 0.2) is 0 Å². The Labute approximate surface area is 260 Å². The van der Waals surface area contributed by atoms with Crippen molar-refractivity contribution < 1.29 is 19.4 Å². The highest BCUT2D eigenvalue weighted by Crippen LogP contribution is 2.13. The Morgan fingerprint density at radius 2 is 1.12 bits per heavy atom.